The molecule has 1 saturated heterocycles. The van der Waals surface area contributed by atoms with Gasteiger partial charge in [-0.15, -0.1) is 0 Å². The number of nitrogens with zero attached hydrogens (tertiary/aromatic N) is 2. The molecule has 1 aromatic heterocycles. The van der Waals surface area contributed by atoms with E-state index in [9.17, 15) is 28.8 Å². The van der Waals surface area contributed by atoms with Crippen LogP contribution in [0, 0.1) is 0 Å². The van der Waals surface area contributed by atoms with Crippen LogP contribution in [0.2, 0.25) is 0 Å². The van der Waals surface area contributed by atoms with E-state index in [1.807, 2.05) is 13.8 Å². The van der Waals surface area contributed by atoms with Crippen molar-refractivity contribution in [1.82, 2.24) is 15.5 Å². The normalized spacial score (nSPS) is 16.8. The predicted octanol–water partition coefficient (Wildman–Crippen LogP) is 2.89. The Balaban J connectivity index is 1.60. The van der Waals surface area contributed by atoms with Gasteiger partial charge in [-0.25, -0.2) is 0 Å². The third kappa shape index (κ3) is 6.19. The fourth-order valence-electron chi connectivity index (χ4n) is 5.49. The van der Waals surface area contributed by atoms with Crippen molar-refractivity contribution < 1.29 is 42.7 Å². The summed E-state index contributed by atoms with van der Waals surface area (Å²) < 4.78 is 16.8. The molecule has 0 bridgehead atoms. The first kappa shape index (κ1) is 32.3. The second kappa shape index (κ2) is 13.5. The number of likely N-dealkylation sites (N-methyl/N-ethyl adjacent to an activating group) is 1. The van der Waals surface area contributed by atoms with Crippen molar-refractivity contribution in [3.8, 4) is 0 Å². The van der Waals surface area contributed by atoms with Gasteiger partial charge in [0.25, 0.3) is 23.6 Å². The summed E-state index contributed by atoms with van der Waals surface area (Å²) in [7, 11) is 2.91. The van der Waals surface area contributed by atoms with Crippen LogP contribution in [0.1, 0.15) is 80.9 Å². The van der Waals surface area contributed by atoms with Gasteiger partial charge in [-0.1, -0.05) is 18.2 Å². The number of methoxy groups -OCH3 is 1. The second-order valence-corrected chi connectivity index (χ2v) is 11.1. The molecule has 2 aromatic carbocycles. The van der Waals surface area contributed by atoms with Gasteiger partial charge >= 0.3 is 0 Å². The molecule has 0 spiro atoms. The highest BCUT2D eigenvalue weighted by Crippen LogP contribution is 2.35. The number of rotatable bonds is 11. The van der Waals surface area contributed by atoms with E-state index in [1.165, 1.54) is 37.3 Å². The molecule has 3 aromatic rings. The van der Waals surface area contributed by atoms with Crippen molar-refractivity contribution in [1.29, 1.82) is 0 Å². The van der Waals surface area contributed by atoms with Crippen molar-refractivity contribution >= 4 is 41.1 Å². The van der Waals surface area contributed by atoms with Crippen LogP contribution < -0.4 is 15.5 Å². The minimum absolute atomic E-state index is 0.00389. The standard InChI is InChI=1S/C33H34N4O9/c1-18(2)45-16-19-8-10-20(11-9-19)36(28(30(40)34-3)25-14-12-21(46-25)17-44-4)31(41)22-6-5-7-23-27(22)33(43)37(32(23)42)24-13-15-26(38)35-29(24)39/h5-12,14,18,24,28H,13,15-17H2,1-4H3,(H,34,40)(H,35,38,39). The molecule has 3 heterocycles. The Kier molecular flexibility index (Phi) is 9.44. The molecule has 2 aliphatic heterocycles. The highest BCUT2D eigenvalue weighted by atomic mass is 16.5. The number of anilines is 1. The molecule has 5 rings (SSSR count). The largest absolute Gasteiger partial charge is 0.461 e. The Labute approximate surface area is 264 Å². The zero-order chi connectivity index (χ0) is 33.1. The highest BCUT2D eigenvalue weighted by molar-refractivity contribution is 6.28. The zero-order valence-electron chi connectivity index (χ0n) is 25.8. The number of ether oxygens (including phenoxy) is 2. The highest BCUT2D eigenvalue weighted by Gasteiger charge is 2.47. The third-order valence-corrected chi connectivity index (χ3v) is 7.71. The molecule has 2 unspecified atom stereocenters. The summed E-state index contributed by atoms with van der Waals surface area (Å²) in [6.07, 6.45) is -0.0981. The molecule has 2 atom stereocenters. The van der Waals surface area contributed by atoms with Crippen LogP contribution >= 0.6 is 0 Å². The van der Waals surface area contributed by atoms with E-state index in [0.29, 0.717) is 18.1 Å². The number of fused-ring (bicyclic) bond motifs is 1. The number of imide groups is 2. The fraction of sp³-hybridized carbons (Fsp3) is 0.333. The predicted molar refractivity (Wildman–Crippen MR) is 163 cm³/mol. The summed E-state index contributed by atoms with van der Waals surface area (Å²) >= 11 is 0. The van der Waals surface area contributed by atoms with Gasteiger partial charge in [-0.2, -0.15) is 0 Å². The van der Waals surface area contributed by atoms with Gasteiger partial charge in [0.05, 0.1) is 29.4 Å². The third-order valence-electron chi connectivity index (χ3n) is 7.71. The molecule has 1 fully saturated rings. The summed E-state index contributed by atoms with van der Waals surface area (Å²) in [6, 6.07) is 11.7. The van der Waals surface area contributed by atoms with Crippen LogP contribution in [-0.2, 0) is 37.1 Å². The van der Waals surface area contributed by atoms with Crippen molar-refractivity contribution in [2.24, 2.45) is 0 Å². The second-order valence-electron chi connectivity index (χ2n) is 11.1. The van der Waals surface area contributed by atoms with Crippen LogP contribution in [0.15, 0.2) is 59.0 Å². The zero-order valence-corrected chi connectivity index (χ0v) is 25.8. The van der Waals surface area contributed by atoms with Gasteiger partial charge in [0.15, 0.2) is 6.04 Å². The Hall–Kier alpha value is -5.14. The number of nitrogens with one attached hydrogen (secondary N) is 2. The summed E-state index contributed by atoms with van der Waals surface area (Å²) in [5.74, 6) is -3.69. The molecule has 0 aliphatic carbocycles. The Morgan fingerprint density at radius 1 is 1.02 bits per heavy atom. The van der Waals surface area contributed by atoms with Gasteiger partial charge in [0.1, 0.15) is 24.2 Å². The van der Waals surface area contributed by atoms with Gasteiger partial charge in [-0.05, 0) is 62.2 Å². The summed E-state index contributed by atoms with van der Waals surface area (Å²) in [6.45, 7) is 4.27. The molecule has 46 heavy (non-hydrogen) atoms. The molecule has 0 saturated carbocycles. The summed E-state index contributed by atoms with van der Waals surface area (Å²) in [5, 5.41) is 4.75. The number of piperidine rings is 1. The maximum Gasteiger partial charge on any atom is 0.263 e. The maximum absolute atomic E-state index is 14.7. The van der Waals surface area contributed by atoms with E-state index >= 15 is 0 Å². The lowest BCUT2D eigenvalue weighted by Crippen LogP contribution is -2.54. The van der Waals surface area contributed by atoms with E-state index in [2.05, 4.69) is 10.6 Å². The summed E-state index contributed by atoms with van der Waals surface area (Å²) in [5.41, 5.74) is 0.689. The van der Waals surface area contributed by atoms with E-state index in [1.54, 1.807) is 36.4 Å². The smallest absolute Gasteiger partial charge is 0.263 e. The average Bonchev–Trinajstić information content (AvgIpc) is 3.60. The molecule has 13 heteroatoms. The molecule has 0 radical (unpaired) electrons. The first-order valence-electron chi connectivity index (χ1n) is 14.7. The lowest BCUT2D eigenvalue weighted by Gasteiger charge is -2.30. The molecule has 2 N–H and O–H groups in total. The number of hydrogen-bond acceptors (Lipinski definition) is 9. The fourth-order valence-corrected chi connectivity index (χ4v) is 5.49. The van der Waals surface area contributed by atoms with Crippen LogP contribution in [0.3, 0.4) is 0 Å². The number of carbonyl (C=O) groups is 6. The monoisotopic (exact) mass is 630 g/mol. The molecule has 13 nitrogen and oxygen atoms in total. The number of benzene rings is 2. The Morgan fingerprint density at radius 2 is 1.76 bits per heavy atom. The minimum Gasteiger partial charge on any atom is -0.461 e. The van der Waals surface area contributed by atoms with E-state index in [4.69, 9.17) is 13.9 Å². The first-order chi connectivity index (χ1) is 22.0. The van der Waals surface area contributed by atoms with Crippen LogP contribution in [0.4, 0.5) is 5.69 Å². The maximum atomic E-state index is 14.7. The molecular formula is C33H34N4O9. The van der Waals surface area contributed by atoms with Gasteiger partial charge < -0.3 is 19.2 Å². The minimum atomic E-state index is -1.34. The van der Waals surface area contributed by atoms with Crippen molar-refractivity contribution in [3.63, 3.8) is 0 Å². The van der Waals surface area contributed by atoms with Gasteiger partial charge in [-0.3, -0.25) is 43.9 Å². The topological polar surface area (TPSA) is 165 Å². The quantitative estimate of drug-likeness (QED) is 0.303. The van der Waals surface area contributed by atoms with Crippen LogP contribution in [0.25, 0.3) is 0 Å². The number of carbonyl (C=O) groups excluding carboxylic acids is 6. The van der Waals surface area contributed by atoms with E-state index in [0.717, 1.165) is 10.5 Å². The number of hydrogen-bond donors (Lipinski definition) is 2. The summed E-state index contributed by atoms with van der Waals surface area (Å²) in [4.78, 5) is 81.9. The van der Waals surface area contributed by atoms with Gasteiger partial charge in [0.2, 0.25) is 11.8 Å². The number of furan rings is 1. The molecule has 2 aliphatic rings. The van der Waals surface area contributed by atoms with Crippen molar-refractivity contribution in [2.45, 2.75) is 58.1 Å². The van der Waals surface area contributed by atoms with Crippen LogP contribution in [-0.4, -0.2) is 66.6 Å². The Bertz CT molecular complexity index is 1690. The molecular weight excluding hydrogens is 596 g/mol. The first-order valence-corrected chi connectivity index (χ1v) is 14.7. The Morgan fingerprint density at radius 3 is 2.41 bits per heavy atom. The van der Waals surface area contributed by atoms with Crippen molar-refractivity contribution in [2.75, 3.05) is 19.1 Å². The molecule has 240 valence electrons. The SMILES string of the molecule is CNC(=O)C(c1ccc(COC)o1)N(C(=O)c1cccc2c1C(=O)N(C1CCC(=O)NC1=O)C2=O)c1ccc(COC(C)C)cc1. The van der Waals surface area contributed by atoms with Gasteiger partial charge in [0, 0.05) is 26.3 Å². The number of amides is 6. The molecule has 6 amide bonds. The lowest BCUT2D eigenvalue weighted by atomic mass is 9.99. The van der Waals surface area contributed by atoms with Crippen LogP contribution in [0.5, 0.6) is 0 Å². The van der Waals surface area contributed by atoms with Crippen molar-refractivity contribution in [3.05, 3.63) is 88.4 Å². The lowest BCUT2D eigenvalue weighted by molar-refractivity contribution is -0.136. The average molecular weight is 631 g/mol. The van der Waals surface area contributed by atoms with E-state index in [-0.39, 0.29) is 48.0 Å². The van der Waals surface area contributed by atoms with E-state index < -0.39 is 47.5 Å².